The van der Waals surface area contributed by atoms with Gasteiger partial charge in [0.2, 0.25) is 0 Å². The lowest BCUT2D eigenvalue weighted by atomic mass is 10.0. The Kier molecular flexibility index (Phi) is 3.70. The van der Waals surface area contributed by atoms with Gasteiger partial charge in [-0.25, -0.2) is 0 Å². The van der Waals surface area contributed by atoms with Crippen molar-refractivity contribution in [2.75, 3.05) is 0 Å². The SMILES string of the molecule is Cc1cc(COc2ccccc2C(C)C)n(C)n1. The van der Waals surface area contributed by atoms with Crippen LogP contribution < -0.4 is 4.74 Å². The Morgan fingerprint density at radius 2 is 2.00 bits per heavy atom. The second-order valence-electron chi connectivity index (χ2n) is 4.88. The lowest BCUT2D eigenvalue weighted by molar-refractivity contribution is 0.291. The van der Waals surface area contributed by atoms with Gasteiger partial charge in [-0.15, -0.1) is 0 Å². The van der Waals surface area contributed by atoms with E-state index < -0.39 is 0 Å². The highest BCUT2D eigenvalue weighted by molar-refractivity contribution is 5.35. The zero-order valence-electron chi connectivity index (χ0n) is 11.5. The minimum absolute atomic E-state index is 0.467. The van der Waals surface area contributed by atoms with Gasteiger partial charge in [-0.05, 0) is 30.5 Å². The van der Waals surface area contributed by atoms with Crippen LogP contribution in [0.4, 0.5) is 0 Å². The highest BCUT2D eigenvalue weighted by Gasteiger charge is 2.08. The monoisotopic (exact) mass is 244 g/mol. The first-order valence-electron chi connectivity index (χ1n) is 6.29. The van der Waals surface area contributed by atoms with Crippen LogP contribution in [0.1, 0.15) is 36.7 Å². The van der Waals surface area contributed by atoms with Gasteiger partial charge in [0.25, 0.3) is 0 Å². The van der Waals surface area contributed by atoms with Crippen molar-refractivity contribution in [1.82, 2.24) is 9.78 Å². The molecule has 0 aliphatic carbocycles. The molecule has 0 radical (unpaired) electrons. The van der Waals surface area contributed by atoms with Crippen LogP contribution in [0.25, 0.3) is 0 Å². The quantitative estimate of drug-likeness (QED) is 0.824. The average Bonchev–Trinajstić information content (AvgIpc) is 2.65. The Morgan fingerprint density at radius 1 is 1.28 bits per heavy atom. The smallest absolute Gasteiger partial charge is 0.130 e. The molecule has 0 saturated carbocycles. The molecule has 1 aromatic carbocycles. The summed E-state index contributed by atoms with van der Waals surface area (Å²) in [6, 6.07) is 10.3. The summed E-state index contributed by atoms with van der Waals surface area (Å²) in [5.74, 6) is 1.43. The summed E-state index contributed by atoms with van der Waals surface area (Å²) in [4.78, 5) is 0. The molecular weight excluding hydrogens is 224 g/mol. The number of aromatic nitrogens is 2. The molecular formula is C15H20N2O. The molecule has 0 fully saturated rings. The zero-order valence-corrected chi connectivity index (χ0v) is 11.5. The maximum Gasteiger partial charge on any atom is 0.130 e. The summed E-state index contributed by atoms with van der Waals surface area (Å²) in [5, 5.41) is 4.32. The lowest BCUT2D eigenvalue weighted by Gasteiger charge is -2.13. The van der Waals surface area contributed by atoms with Crippen molar-refractivity contribution in [3.8, 4) is 5.75 Å². The molecule has 2 aromatic rings. The molecule has 1 heterocycles. The van der Waals surface area contributed by atoms with E-state index in [4.69, 9.17) is 4.74 Å². The molecule has 0 amide bonds. The van der Waals surface area contributed by atoms with Crippen molar-refractivity contribution in [3.05, 3.63) is 47.3 Å². The molecule has 0 unspecified atom stereocenters. The van der Waals surface area contributed by atoms with E-state index in [1.54, 1.807) is 0 Å². The first-order valence-corrected chi connectivity index (χ1v) is 6.29. The molecule has 96 valence electrons. The van der Waals surface area contributed by atoms with E-state index in [1.165, 1.54) is 5.56 Å². The number of rotatable bonds is 4. The number of ether oxygens (including phenoxy) is 1. The number of hydrogen-bond acceptors (Lipinski definition) is 2. The first-order chi connectivity index (χ1) is 8.58. The van der Waals surface area contributed by atoms with E-state index in [9.17, 15) is 0 Å². The third-order valence-electron chi connectivity index (χ3n) is 3.02. The van der Waals surface area contributed by atoms with Crippen LogP contribution in [-0.2, 0) is 13.7 Å². The third kappa shape index (κ3) is 2.73. The molecule has 18 heavy (non-hydrogen) atoms. The minimum atomic E-state index is 0.467. The zero-order chi connectivity index (χ0) is 13.1. The maximum atomic E-state index is 5.92. The second kappa shape index (κ2) is 5.25. The van der Waals surface area contributed by atoms with Crippen molar-refractivity contribution in [2.24, 2.45) is 7.05 Å². The van der Waals surface area contributed by atoms with Gasteiger partial charge in [-0.2, -0.15) is 5.10 Å². The molecule has 0 aliphatic heterocycles. The Balaban J connectivity index is 2.13. The molecule has 0 spiro atoms. The molecule has 3 nitrogen and oxygen atoms in total. The van der Waals surface area contributed by atoms with Crippen molar-refractivity contribution < 1.29 is 4.74 Å². The highest BCUT2D eigenvalue weighted by atomic mass is 16.5. The van der Waals surface area contributed by atoms with Crippen LogP contribution >= 0.6 is 0 Å². The number of nitrogens with zero attached hydrogens (tertiary/aromatic N) is 2. The molecule has 3 heteroatoms. The molecule has 0 aliphatic rings. The lowest BCUT2D eigenvalue weighted by Crippen LogP contribution is -2.04. The Hall–Kier alpha value is -1.77. The van der Waals surface area contributed by atoms with Gasteiger partial charge < -0.3 is 4.74 Å². The Morgan fingerprint density at radius 3 is 2.61 bits per heavy atom. The van der Waals surface area contributed by atoms with Crippen molar-refractivity contribution in [1.29, 1.82) is 0 Å². The summed E-state index contributed by atoms with van der Waals surface area (Å²) in [5.41, 5.74) is 3.36. The van der Waals surface area contributed by atoms with Gasteiger partial charge in [0.05, 0.1) is 11.4 Å². The van der Waals surface area contributed by atoms with Crippen LogP contribution in [0.2, 0.25) is 0 Å². The van der Waals surface area contributed by atoms with Crippen molar-refractivity contribution in [3.63, 3.8) is 0 Å². The van der Waals surface area contributed by atoms with Crippen LogP contribution in [0.3, 0.4) is 0 Å². The predicted octanol–water partition coefficient (Wildman–Crippen LogP) is 3.43. The number of aryl methyl sites for hydroxylation is 2. The summed E-state index contributed by atoms with van der Waals surface area (Å²) in [6.07, 6.45) is 0. The number of para-hydroxylation sites is 1. The third-order valence-corrected chi connectivity index (χ3v) is 3.02. The van der Waals surface area contributed by atoms with Gasteiger partial charge in [-0.3, -0.25) is 4.68 Å². The highest BCUT2D eigenvalue weighted by Crippen LogP contribution is 2.26. The van der Waals surface area contributed by atoms with Crippen LogP contribution in [0, 0.1) is 6.92 Å². The largest absolute Gasteiger partial charge is 0.487 e. The molecule has 0 saturated heterocycles. The van der Waals surface area contributed by atoms with Crippen molar-refractivity contribution >= 4 is 0 Å². The fraction of sp³-hybridized carbons (Fsp3) is 0.400. The van der Waals surface area contributed by atoms with E-state index >= 15 is 0 Å². The van der Waals surface area contributed by atoms with Crippen LogP contribution in [-0.4, -0.2) is 9.78 Å². The Labute approximate surface area is 108 Å². The fourth-order valence-electron chi connectivity index (χ4n) is 2.04. The Bertz CT molecular complexity index is 529. The summed E-state index contributed by atoms with van der Waals surface area (Å²) >= 11 is 0. The summed E-state index contributed by atoms with van der Waals surface area (Å²) < 4.78 is 7.79. The van der Waals surface area contributed by atoms with Crippen LogP contribution in [0.15, 0.2) is 30.3 Å². The molecule has 0 N–H and O–H groups in total. The van der Waals surface area contributed by atoms with Gasteiger partial charge in [0, 0.05) is 7.05 Å². The second-order valence-corrected chi connectivity index (χ2v) is 4.88. The predicted molar refractivity (Wildman–Crippen MR) is 72.8 cm³/mol. The average molecular weight is 244 g/mol. The standard InChI is InChI=1S/C15H20N2O/c1-11(2)14-7-5-6-8-15(14)18-10-13-9-12(3)16-17(13)4/h5-9,11H,10H2,1-4H3. The van der Waals surface area contributed by atoms with Gasteiger partial charge in [0.1, 0.15) is 12.4 Å². The summed E-state index contributed by atoms with van der Waals surface area (Å²) in [6.45, 7) is 6.90. The molecule has 0 bridgehead atoms. The fourth-order valence-corrected chi connectivity index (χ4v) is 2.04. The van der Waals surface area contributed by atoms with E-state index in [1.807, 2.05) is 30.8 Å². The number of hydrogen-bond donors (Lipinski definition) is 0. The van der Waals surface area contributed by atoms with Gasteiger partial charge >= 0.3 is 0 Å². The van der Waals surface area contributed by atoms with E-state index in [-0.39, 0.29) is 0 Å². The van der Waals surface area contributed by atoms with Gasteiger partial charge in [-0.1, -0.05) is 32.0 Å². The van der Waals surface area contributed by atoms with E-state index in [0.29, 0.717) is 12.5 Å². The topological polar surface area (TPSA) is 27.1 Å². The first kappa shape index (κ1) is 12.7. The van der Waals surface area contributed by atoms with Gasteiger partial charge in [0.15, 0.2) is 0 Å². The van der Waals surface area contributed by atoms with Crippen molar-refractivity contribution in [2.45, 2.75) is 33.3 Å². The maximum absolute atomic E-state index is 5.92. The van der Waals surface area contributed by atoms with E-state index in [2.05, 4.69) is 37.1 Å². The van der Waals surface area contributed by atoms with E-state index in [0.717, 1.165) is 17.1 Å². The minimum Gasteiger partial charge on any atom is -0.487 e. The number of benzene rings is 1. The summed E-state index contributed by atoms with van der Waals surface area (Å²) in [7, 11) is 1.94. The molecule has 1 aromatic heterocycles. The molecule has 2 rings (SSSR count). The van der Waals surface area contributed by atoms with Crippen LogP contribution in [0.5, 0.6) is 5.75 Å². The molecule has 0 atom stereocenters. The normalized spacial score (nSPS) is 10.9.